The van der Waals surface area contributed by atoms with Crippen molar-refractivity contribution < 1.29 is 22.9 Å². The van der Waals surface area contributed by atoms with E-state index in [-0.39, 0.29) is 5.91 Å². The molecule has 0 N–H and O–H groups in total. The second-order valence-electron chi connectivity index (χ2n) is 7.38. The molecule has 7 heteroatoms. The Morgan fingerprint density at radius 1 is 1.04 bits per heavy atom. The van der Waals surface area contributed by atoms with Crippen molar-refractivity contribution in [2.24, 2.45) is 0 Å². The van der Waals surface area contributed by atoms with Crippen LogP contribution in [0, 0.1) is 6.92 Å². The molecule has 1 amide bonds. The molecule has 4 rings (SSSR count). The quantitative estimate of drug-likeness (QED) is 0.768. The molecule has 2 aromatic rings. The van der Waals surface area contributed by atoms with Crippen LogP contribution in [0.15, 0.2) is 40.8 Å². The SMILES string of the molecule is Cc1ccc(CS(=O)Cc2ccc(C(=O)N3CCC4(CC3)OCCO4)o2)cc1. The highest BCUT2D eigenvalue weighted by atomic mass is 32.2. The maximum absolute atomic E-state index is 12.7. The van der Waals surface area contributed by atoms with Gasteiger partial charge in [0.25, 0.3) is 5.91 Å². The monoisotopic (exact) mass is 403 g/mol. The largest absolute Gasteiger partial charge is 0.455 e. The maximum Gasteiger partial charge on any atom is 0.289 e. The minimum Gasteiger partial charge on any atom is -0.455 e. The summed E-state index contributed by atoms with van der Waals surface area (Å²) in [7, 11) is -1.09. The molecule has 28 heavy (non-hydrogen) atoms. The third-order valence-electron chi connectivity index (χ3n) is 5.25. The predicted octanol–water partition coefficient (Wildman–Crippen LogP) is 3.02. The number of aryl methyl sites for hydroxylation is 1. The van der Waals surface area contributed by atoms with E-state index in [1.54, 1.807) is 17.0 Å². The van der Waals surface area contributed by atoms with Gasteiger partial charge in [-0.2, -0.15) is 0 Å². The van der Waals surface area contributed by atoms with Crippen LogP contribution in [0.5, 0.6) is 0 Å². The zero-order valence-electron chi connectivity index (χ0n) is 16.0. The summed E-state index contributed by atoms with van der Waals surface area (Å²) in [5, 5.41) is 0. The molecule has 0 aliphatic carbocycles. The Morgan fingerprint density at radius 2 is 1.71 bits per heavy atom. The number of likely N-dealkylation sites (tertiary alicyclic amines) is 1. The van der Waals surface area contributed by atoms with Crippen molar-refractivity contribution in [1.82, 2.24) is 4.90 Å². The molecule has 0 saturated carbocycles. The summed E-state index contributed by atoms with van der Waals surface area (Å²) in [5.74, 6) is 1.00. The molecule has 1 unspecified atom stereocenters. The van der Waals surface area contributed by atoms with E-state index in [0.717, 1.165) is 5.56 Å². The molecule has 150 valence electrons. The van der Waals surface area contributed by atoms with Gasteiger partial charge in [0.1, 0.15) is 5.76 Å². The molecule has 2 fully saturated rings. The molecular weight excluding hydrogens is 378 g/mol. The van der Waals surface area contributed by atoms with Crippen molar-refractivity contribution in [2.75, 3.05) is 26.3 Å². The van der Waals surface area contributed by atoms with E-state index >= 15 is 0 Å². The molecule has 2 aliphatic heterocycles. The van der Waals surface area contributed by atoms with Gasteiger partial charge in [-0.3, -0.25) is 9.00 Å². The lowest BCUT2D eigenvalue weighted by Gasteiger charge is -2.37. The van der Waals surface area contributed by atoms with E-state index in [4.69, 9.17) is 13.9 Å². The number of hydrogen-bond donors (Lipinski definition) is 0. The second kappa shape index (κ2) is 8.19. The molecule has 1 atom stereocenters. The van der Waals surface area contributed by atoms with Gasteiger partial charge in [0.05, 0.1) is 19.0 Å². The van der Waals surface area contributed by atoms with Gasteiger partial charge in [-0.25, -0.2) is 0 Å². The summed E-state index contributed by atoms with van der Waals surface area (Å²) in [4.78, 5) is 14.5. The first-order chi connectivity index (χ1) is 13.5. The number of ether oxygens (including phenoxy) is 2. The van der Waals surface area contributed by atoms with E-state index in [1.807, 2.05) is 31.2 Å². The van der Waals surface area contributed by atoms with Crippen LogP contribution in [0.1, 0.15) is 40.3 Å². The van der Waals surface area contributed by atoms with Crippen LogP contribution in [0.3, 0.4) is 0 Å². The molecule has 6 nitrogen and oxygen atoms in total. The number of carbonyl (C=O) groups is 1. The summed E-state index contributed by atoms with van der Waals surface area (Å²) < 4.78 is 29.5. The summed E-state index contributed by atoms with van der Waals surface area (Å²) >= 11 is 0. The van der Waals surface area contributed by atoms with Crippen molar-refractivity contribution in [1.29, 1.82) is 0 Å². The first-order valence-electron chi connectivity index (χ1n) is 9.59. The average Bonchev–Trinajstić information content (AvgIpc) is 3.34. The number of carbonyl (C=O) groups excluding carboxylic acids is 1. The number of piperidine rings is 1. The molecule has 1 spiro atoms. The van der Waals surface area contributed by atoms with Gasteiger partial charge in [-0.05, 0) is 24.6 Å². The minimum atomic E-state index is -1.09. The van der Waals surface area contributed by atoms with Crippen molar-refractivity contribution in [3.8, 4) is 0 Å². The topological polar surface area (TPSA) is 69.0 Å². The fourth-order valence-electron chi connectivity index (χ4n) is 3.64. The lowest BCUT2D eigenvalue weighted by Crippen LogP contribution is -2.47. The Labute approximate surface area is 167 Å². The van der Waals surface area contributed by atoms with Crippen molar-refractivity contribution in [3.05, 3.63) is 59.0 Å². The van der Waals surface area contributed by atoms with E-state index in [2.05, 4.69) is 0 Å². The number of nitrogens with zero attached hydrogens (tertiary/aromatic N) is 1. The molecule has 3 heterocycles. The summed E-state index contributed by atoms with van der Waals surface area (Å²) in [6.07, 6.45) is 1.35. The van der Waals surface area contributed by atoms with Crippen LogP contribution in [-0.2, 0) is 31.8 Å². The highest BCUT2D eigenvalue weighted by Gasteiger charge is 2.41. The maximum atomic E-state index is 12.7. The summed E-state index contributed by atoms with van der Waals surface area (Å²) in [5.41, 5.74) is 2.21. The molecule has 2 aliphatic rings. The first kappa shape index (κ1) is 19.4. The summed E-state index contributed by atoms with van der Waals surface area (Å²) in [6.45, 7) is 4.42. The molecule has 0 bridgehead atoms. The lowest BCUT2D eigenvalue weighted by atomic mass is 10.0. The molecular formula is C21H25NO5S. The third-order valence-corrected chi connectivity index (χ3v) is 6.51. The zero-order valence-corrected chi connectivity index (χ0v) is 16.8. The van der Waals surface area contributed by atoms with E-state index in [1.165, 1.54) is 5.56 Å². The normalized spacial score (nSPS) is 19.8. The van der Waals surface area contributed by atoms with E-state index < -0.39 is 16.6 Å². The van der Waals surface area contributed by atoms with Crippen molar-refractivity contribution in [3.63, 3.8) is 0 Å². The number of hydrogen-bond acceptors (Lipinski definition) is 5. The lowest BCUT2D eigenvalue weighted by molar-refractivity contribution is -0.181. The Balaban J connectivity index is 1.31. The summed E-state index contributed by atoms with van der Waals surface area (Å²) in [6, 6.07) is 11.4. The second-order valence-corrected chi connectivity index (χ2v) is 8.84. The van der Waals surface area contributed by atoms with Crippen LogP contribution in [0.25, 0.3) is 0 Å². The highest BCUT2D eigenvalue weighted by molar-refractivity contribution is 7.83. The van der Waals surface area contributed by atoms with Gasteiger partial charge < -0.3 is 18.8 Å². The van der Waals surface area contributed by atoms with Gasteiger partial charge in [-0.15, -0.1) is 0 Å². The van der Waals surface area contributed by atoms with Gasteiger partial charge in [0.2, 0.25) is 0 Å². The standard InChI is InChI=1S/C21H25NO5S/c1-16-2-4-17(5-3-16)14-28(24)15-18-6-7-19(27-18)20(23)22-10-8-21(9-11-22)25-12-13-26-21/h2-7H,8-15H2,1H3. The molecule has 0 radical (unpaired) electrons. The molecule has 1 aromatic heterocycles. The highest BCUT2D eigenvalue weighted by Crippen LogP contribution is 2.31. The van der Waals surface area contributed by atoms with Crippen LogP contribution in [0.2, 0.25) is 0 Å². The van der Waals surface area contributed by atoms with Crippen LogP contribution in [-0.4, -0.2) is 47.1 Å². The van der Waals surface area contributed by atoms with Crippen LogP contribution in [0.4, 0.5) is 0 Å². The Hall–Kier alpha value is -1.96. The van der Waals surface area contributed by atoms with Gasteiger partial charge in [-0.1, -0.05) is 29.8 Å². The van der Waals surface area contributed by atoms with Gasteiger partial charge in [0.15, 0.2) is 11.5 Å². The number of benzene rings is 1. The van der Waals surface area contributed by atoms with Gasteiger partial charge in [0, 0.05) is 42.5 Å². The fraction of sp³-hybridized carbons (Fsp3) is 0.476. The number of amides is 1. The Morgan fingerprint density at radius 3 is 2.39 bits per heavy atom. The first-order valence-corrected chi connectivity index (χ1v) is 11.1. The van der Waals surface area contributed by atoms with E-state index in [9.17, 15) is 9.00 Å². The minimum absolute atomic E-state index is 0.136. The predicted molar refractivity (Wildman–Crippen MR) is 105 cm³/mol. The van der Waals surface area contributed by atoms with Crippen LogP contribution < -0.4 is 0 Å². The average molecular weight is 404 g/mol. The van der Waals surface area contributed by atoms with Crippen molar-refractivity contribution in [2.45, 2.75) is 37.1 Å². The third kappa shape index (κ3) is 4.37. The Bertz CT molecular complexity index is 844. The Kier molecular flexibility index (Phi) is 5.66. The van der Waals surface area contributed by atoms with Crippen LogP contribution >= 0.6 is 0 Å². The fourth-order valence-corrected chi connectivity index (χ4v) is 4.78. The van der Waals surface area contributed by atoms with E-state index in [0.29, 0.717) is 62.2 Å². The smallest absolute Gasteiger partial charge is 0.289 e. The van der Waals surface area contributed by atoms with Crippen molar-refractivity contribution >= 4 is 16.7 Å². The molecule has 1 aromatic carbocycles. The molecule has 2 saturated heterocycles. The number of furan rings is 1. The van der Waals surface area contributed by atoms with Gasteiger partial charge >= 0.3 is 0 Å². The zero-order chi connectivity index (χ0) is 19.6. The number of rotatable bonds is 5.